The summed E-state index contributed by atoms with van der Waals surface area (Å²) in [5.41, 5.74) is 1.17. The second-order valence-electron chi connectivity index (χ2n) is 4.73. The van der Waals surface area contributed by atoms with Gasteiger partial charge in [-0.15, -0.1) is 0 Å². The van der Waals surface area contributed by atoms with Crippen LogP contribution in [0.2, 0.25) is 0 Å². The first-order chi connectivity index (χ1) is 8.17. The fraction of sp³-hybridized carbons (Fsp3) is 0.714. The molecule has 3 nitrogen and oxygen atoms in total. The van der Waals surface area contributed by atoms with E-state index in [0.29, 0.717) is 12.5 Å². The van der Waals surface area contributed by atoms with Crippen LogP contribution in [0.25, 0.3) is 0 Å². The Labute approximate surface area is 105 Å². The van der Waals surface area contributed by atoms with Crippen molar-refractivity contribution < 1.29 is 9.15 Å². The number of nitrogens with one attached hydrogen (secondary N) is 1. The lowest BCUT2D eigenvalue weighted by atomic mass is 10.1. The molecule has 0 saturated heterocycles. The van der Waals surface area contributed by atoms with Gasteiger partial charge in [-0.05, 0) is 32.4 Å². The Morgan fingerprint density at radius 3 is 2.88 bits per heavy atom. The van der Waals surface area contributed by atoms with E-state index in [1.165, 1.54) is 18.4 Å². The molecule has 0 radical (unpaired) electrons. The third-order valence-electron chi connectivity index (χ3n) is 2.86. The number of aryl methyl sites for hydroxylation is 1. The lowest BCUT2D eigenvalue weighted by Gasteiger charge is -2.10. The molecule has 1 atom stereocenters. The van der Waals surface area contributed by atoms with E-state index >= 15 is 0 Å². The predicted molar refractivity (Wildman–Crippen MR) is 69.9 cm³/mol. The van der Waals surface area contributed by atoms with E-state index in [2.05, 4.69) is 25.2 Å². The summed E-state index contributed by atoms with van der Waals surface area (Å²) in [7, 11) is 1.92. The SMILES string of the molecule is CCCC(C)COCc1cc(CNC)oc1C. The quantitative estimate of drug-likeness (QED) is 0.756. The summed E-state index contributed by atoms with van der Waals surface area (Å²) in [5.74, 6) is 2.59. The molecule has 0 aliphatic rings. The van der Waals surface area contributed by atoms with Crippen LogP contribution < -0.4 is 5.32 Å². The van der Waals surface area contributed by atoms with E-state index in [4.69, 9.17) is 9.15 Å². The highest BCUT2D eigenvalue weighted by Gasteiger charge is 2.08. The molecule has 0 fully saturated rings. The largest absolute Gasteiger partial charge is 0.465 e. The maximum atomic E-state index is 5.73. The smallest absolute Gasteiger partial charge is 0.118 e. The zero-order valence-corrected chi connectivity index (χ0v) is 11.5. The minimum atomic E-state index is 0.643. The van der Waals surface area contributed by atoms with Crippen LogP contribution in [-0.2, 0) is 17.9 Å². The number of furan rings is 1. The topological polar surface area (TPSA) is 34.4 Å². The molecule has 1 N–H and O–H groups in total. The molecule has 0 aromatic carbocycles. The third kappa shape index (κ3) is 4.92. The van der Waals surface area contributed by atoms with Gasteiger partial charge >= 0.3 is 0 Å². The van der Waals surface area contributed by atoms with Gasteiger partial charge in [0, 0.05) is 12.2 Å². The molecule has 17 heavy (non-hydrogen) atoms. The summed E-state index contributed by atoms with van der Waals surface area (Å²) in [4.78, 5) is 0. The molecule has 1 aromatic heterocycles. The van der Waals surface area contributed by atoms with E-state index in [0.717, 1.165) is 24.7 Å². The van der Waals surface area contributed by atoms with Crippen molar-refractivity contribution in [2.45, 2.75) is 46.8 Å². The lowest BCUT2D eigenvalue weighted by Crippen LogP contribution is -2.05. The van der Waals surface area contributed by atoms with Gasteiger partial charge in [0.05, 0.1) is 13.2 Å². The summed E-state index contributed by atoms with van der Waals surface area (Å²) >= 11 is 0. The van der Waals surface area contributed by atoms with Gasteiger partial charge in [-0.2, -0.15) is 0 Å². The fourth-order valence-corrected chi connectivity index (χ4v) is 1.94. The van der Waals surface area contributed by atoms with Crippen LogP contribution in [0.3, 0.4) is 0 Å². The van der Waals surface area contributed by atoms with Gasteiger partial charge in [0.2, 0.25) is 0 Å². The first kappa shape index (κ1) is 14.3. The molecule has 3 heteroatoms. The van der Waals surface area contributed by atoms with Crippen molar-refractivity contribution in [1.82, 2.24) is 5.32 Å². The number of hydrogen-bond donors (Lipinski definition) is 1. The summed E-state index contributed by atoms with van der Waals surface area (Å²) in [5, 5.41) is 3.08. The van der Waals surface area contributed by atoms with E-state index < -0.39 is 0 Å². The molecule has 98 valence electrons. The second kappa shape index (κ2) is 7.51. The van der Waals surface area contributed by atoms with Crippen LogP contribution in [0.15, 0.2) is 10.5 Å². The monoisotopic (exact) mass is 239 g/mol. The lowest BCUT2D eigenvalue weighted by molar-refractivity contribution is 0.0886. The fourth-order valence-electron chi connectivity index (χ4n) is 1.94. The molecule has 1 aromatic rings. The number of ether oxygens (including phenoxy) is 1. The van der Waals surface area contributed by atoms with E-state index in [-0.39, 0.29) is 0 Å². The zero-order chi connectivity index (χ0) is 12.7. The summed E-state index contributed by atoms with van der Waals surface area (Å²) in [6.07, 6.45) is 2.46. The first-order valence-corrected chi connectivity index (χ1v) is 6.47. The van der Waals surface area contributed by atoms with Gasteiger partial charge in [0.25, 0.3) is 0 Å². The molecule has 0 spiro atoms. The normalized spacial score (nSPS) is 12.9. The molecule has 1 heterocycles. The maximum absolute atomic E-state index is 5.73. The van der Waals surface area contributed by atoms with Gasteiger partial charge in [0.1, 0.15) is 11.5 Å². The Morgan fingerprint density at radius 1 is 1.47 bits per heavy atom. The Balaban J connectivity index is 2.35. The summed E-state index contributed by atoms with van der Waals surface area (Å²) in [6.45, 7) is 8.70. The van der Waals surface area contributed by atoms with Crippen LogP contribution in [0.1, 0.15) is 43.8 Å². The Kier molecular flexibility index (Phi) is 6.30. The second-order valence-corrected chi connectivity index (χ2v) is 4.73. The average molecular weight is 239 g/mol. The first-order valence-electron chi connectivity index (χ1n) is 6.47. The summed E-state index contributed by atoms with van der Waals surface area (Å²) in [6, 6.07) is 2.08. The highest BCUT2D eigenvalue weighted by molar-refractivity contribution is 5.19. The molecular weight excluding hydrogens is 214 g/mol. The average Bonchev–Trinajstić information content (AvgIpc) is 2.60. The van der Waals surface area contributed by atoms with E-state index in [1.807, 2.05) is 14.0 Å². The molecular formula is C14H25NO2. The zero-order valence-electron chi connectivity index (χ0n) is 11.5. The van der Waals surface area contributed by atoms with Crippen LogP contribution in [0.4, 0.5) is 0 Å². The minimum Gasteiger partial charge on any atom is -0.465 e. The molecule has 0 bridgehead atoms. The Morgan fingerprint density at radius 2 is 2.24 bits per heavy atom. The van der Waals surface area contributed by atoms with Crippen LogP contribution in [-0.4, -0.2) is 13.7 Å². The Hall–Kier alpha value is -0.800. The van der Waals surface area contributed by atoms with Crippen LogP contribution in [0.5, 0.6) is 0 Å². The molecule has 0 aliphatic carbocycles. The van der Waals surface area contributed by atoms with Crippen molar-refractivity contribution in [3.63, 3.8) is 0 Å². The van der Waals surface area contributed by atoms with Crippen molar-refractivity contribution in [1.29, 1.82) is 0 Å². The van der Waals surface area contributed by atoms with Gasteiger partial charge in [0.15, 0.2) is 0 Å². The summed E-state index contributed by atoms with van der Waals surface area (Å²) < 4.78 is 11.3. The standard InChI is InChI=1S/C14H25NO2/c1-5-6-11(2)9-16-10-13-7-14(8-15-4)17-12(13)3/h7,11,15H,5-6,8-10H2,1-4H3. The van der Waals surface area contributed by atoms with Gasteiger partial charge in [-0.25, -0.2) is 0 Å². The van der Waals surface area contributed by atoms with Crippen molar-refractivity contribution in [2.24, 2.45) is 5.92 Å². The molecule has 0 aliphatic heterocycles. The van der Waals surface area contributed by atoms with E-state index in [9.17, 15) is 0 Å². The molecule has 1 unspecified atom stereocenters. The Bertz CT molecular complexity index is 320. The molecule has 0 amide bonds. The maximum Gasteiger partial charge on any atom is 0.118 e. The van der Waals surface area contributed by atoms with Crippen molar-refractivity contribution in [3.8, 4) is 0 Å². The number of hydrogen-bond acceptors (Lipinski definition) is 3. The van der Waals surface area contributed by atoms with Gasteiger partial charge in [-0.1, -0.05) is 20.3 Å². The van der Waals surface area contributed by atoms with Gasteiger partial charge < -0.3 is 14.5 Å². The van der Waals surface area contributed by atoms with Crippen molar-refractivity contribution in [3.05, 3.63) is 23.2 Å². The van der Waals surface area contributed by atoms with Crippen molar-refractivity contribution >= 4 is 0 Å². The van der Waals surface area contributed by atoms with Crippen LogP contribution >= 0.6 is 0 Å². The molecule has 0 saturated carbocycles. The minimum absolute atomic E-state index is 0.643. The highest BCUT2D eigenvalue weighted by Crippen LogP contribution is 2.16. The van der Waals surface area contributed by atoms with E-state index in [1.54, 1.807) is 0 Å². The highest BCUT2D eigenvalue weighted by atomic mass is 16.5. The number of rotatable bonds is 8. The van der Waals surface area contributed by atoms with Crippen LogP contribution in [0, 0.1) is 12.8 Å². The predicted octanol–water partition coefficient (Wildman–Crippen LogP) is 3.26. The van der Waals surface area contributed by atoms with Gasteiger partial charge in [-0.3, -0.25) is 0 Å². The third-order valence-corrected chi connectivity index (χ3v) is 2.86. The van der Waals surface area contributed by atoms with Crippen molar-refractivity contribution in [2.75, 3.05) is 13.7 Å². The molecule has 1 rings (SSSR count).